The molecule has 1 saturated carbocycles. The Labute approximate surface area is 135 Å². The van der Waals surface area contributed by atoms with Crippen LogP contribution in [-0.4, -0.2) is 5.91 Å². The molecule has 2 bridgehead atoms. The van der Waals surface area contributed by atoms with E-state index in [-0.39, 0.29) is 22.7 Å². The van der Waals surface area contributed by atoms with Crippen LogP contribution in [0.25, 0.3) is 0 Å². The number of benzene rings is 1. The third-order valence-corrected chi connectivity index (χ3v) is 6.06. The zero-order chi connectivity index (χ0) is 15.4. The summed E-state index contributed by atoms with van der Waals surface area (Å²) in [5.74, 6) is 0.815. The second kappa shape index (κ2) is 4.76. The Balaban J connectivity index is 1.83. The van der Waals surface area contributed by atoms with Gasteiger partial charge in [0.05, 0.1) is 15.5 Å². The number of anilines is 1. The lowest BCUT2D eigenvalue weighted by molar-refractivity contribution is -0.126. The molecular weight excluding hydrogens is 305 g/mol. The van der Waals surface area contributed by atoms with E-state index in [9.17, 15) is 4.79 Å². The van der Waals surface area contributed by atoms with Gasteiger partial charge in [-0.15, -0.1) is 0 Å². The summed E-state index contributed by atoms with van der Waals surface area (Å²) in [5, 5.41) is 3.94. The third-order valence-electron chi connectivity index (χ3n) is 5.32. The minimum absolute atomic E-state index is 0.0609. The summed E-state index contributed by atoms with van der Waals surface area (Å²) in [6, 6.07) is 5.18. The van der Waals surface area contributed by atoms with E-state index >= 15 is 0 Å². The van der Waals surface area contributed by atoms with Crippen molar-refractivity contribution in [2.45, 2.75) is 27.2 Å². The Morgan fingerprint density at radius 3 is 2.43 bits per heavy atom. The van der Waals surface area contributed by atoms with E-state index in [1.54, 1.807) is 18.2 Å². The molecule has 0 aliphatic heterocycles. The second-order valence-corrected chi connectivity index (χ2v) is 7.81. The zero-order valence-electron chi connectivity index (χ0n) is 12.4. The van der Waals surface area contributed by atoms with E-state index in [4.69, 9.17) is 23.2 Å². The van der Waals surface area contributed by atoms with Gasteiger partial charge < -0.3 is 5.32 Å². The van der Waals surface area contributed by atoms with Crippen molar-refractivity contribution in [1.29, 1.82) is 0 Å². The van der Waals surface area contributed by atoms with Gasteiger partial charge in [-0.2, -0.15) is 0 Å². The molecule has 1 aromatic rings. The number of carbonyl (C=O) groups excluding carboxylic acids is 1. The molecule has 0 spiro atoms. The summed E-state index contributed by atoms with van der Waals surface area (Å²) >= 11 is 11.9. The van der Waals surface area contributed by atoms with Crippen LogP contribution in [-0.2, 0) is 4.79 Å². The minimum Gasteiger partial charge on any atom is -0.326 e. The molecule has 0 aromatic heterocycles. The first-order valence-corrected chi connectivity index (χ1v) is 7.95. The number of amides is 1. The fourth-order valence-electron chi connectivity index (χ4n) is 4.00. The molecule has 1 amide bonds. The van der Waals surface area contributed by atoms with Gasteiger partial charge in [-0.1, -0.05) is 56.1 Å². The van der Waals surface area contributed by atoms with Crippen molar-refractivity contribution >= 4 is 34.8 Å². The van der Waals surface area contributed by atoms with Crippen molar-refractivity contribution < 1.29 is 4.79 Å². The topological polar surface area (TPSA) is 29.1 Å². The number of hydrogen-bond acceptors (Lipinski definition) is 1. The highest BCUT2D eigenvalue weighted by molar-refractivity contribution is 6.42. The first-order chi connectivity index (χ1) is 9.75. The van der Waals surface area contributed by atoms with Crippen LogP contribution in [0.2, 0.25) is 10.0 Å². The van der Waals surface area contributed by atoms with Gasteiger partial charge >= 0.3 is 0 Å². The monoisotopic (exact) mass is 323 g/mol. The molecule has 4 heteroatoms. The van der Waals surface area contributed by atoms with E-state index in [2.05, 4.69) is 38.2 Å². The van der Waals surface area contributed by atoms with Gasteiger partial charge in [-0.05, 0) is 41.9 Å². The van der Waals surface area contributed by atoms with Gasteiger partial charge in [0.1, 0.15) is 0 Å². The summed E-state index contributed by atoms with van der Waals surface area (Å²) in [7, 11) is 0. The number of hydrogen-bond donors (Lipinski definition) is 1. The van der Waals surface area contributed by atoms with E-state index in [1.165, 1.54) is 0 Å². The highest BCUT2D eigenvalue weighted by Crippen LogP contribution is 2.62. The number of allylic oxidation sites excluding steroid dienone is 2. The van der Waals surface area contributed by atoms with Gasteiger partial charge in [-0.3, -0.25) is 4.79 Å². The number of fused-ring (bicyclic) bond motifs is 2. The summed E-state index contributed by atoms with van der Waals surface area (Å²) < 4.78 is 0. The summed E-state index contributed by atoms with van der Waals surface area (Å²) in [6.07, 6.45) is 5.37. The molecule has 1 fully saturated rings. The van der Waals surface area contributed by atoms with Crippen LogP contribution >= 0.6 is 23.2 Å². The molecule has 0 radical (unpaired) electrons. The standard InChI is InChI=1S/C17H19Cl2NO/c1-16(2)10-4-7-14(16)17(3,9-10)15(21)20-11-5-6-12(18)13(19)8-11/h4-8,10,14H,9H2,1-3H3,(H,20,21). The van der Waals surface area contributed by atoms with Gasteiger partial charge in [0, 0.05) is 5.69 Å². The van der Waals surface area contributed by atoms with Crippen molar-refractivity contribution in [3.8, 4) is 0 Å². The Kier molecular flexibility index (Phi) is 3.38. The molecule has 2 aliphatic carbocycles. The fraction of sp³-hybridized carbons (Fsp3) is 0.471. The summed E-state index contributed by atoms with van der Waals surface area (Å²) in [6.45, 7) is 6.57. The van der Waals surface area contributed by atoms with Gasteiger partial charge in [0.25, 0.3) is 0 Å². The fourth-order valence-corrected chi connectivity index (χ4v) is 4.30. The molecular formula is C17H19Cl2NO. The van der Waals surface area contributed by atoms with E-state index in [1.807, 2.05) is 0 Å². The molecule has 1 N–H and O–H groups in total. The molecule has 21 heavy (non-hydrogen) atoms. The Morgan fingerprint density at radius 1 is 1.19 bits per heavy atom. The quantitative estimate of drug-likeness (QED) is 0.747. The Bertz CT molecular complexity index is 638. The van der Waals surface area contributed by atoms with Gasteiger partial charge in [0.15, 0.2) is 0 Å². The third kappa shape index (κ3) is 2.20. The first kappa shape index (κ1) is 14.9. The first-order valence-electron chi connectivity index (χ1n) is 7.20. The van der Waals surface area contributed by atoms with Gasteiger partial charge in [0.2, 0.25) is 5.91 Å². The second-order valence-electron chi connectivity index (χ2n) is 7.00. The lowest BCUT2D eigenvalue weighted by atomic mass is 9.72. The molecule has 3 unspecified atom stereocenters. The highest BCUT2D eigenvalue weighted by atomic mass is 35.5. The van der Waals surface area contributed by atoms with Gasteiger partial charge in [-0.25, -0.2) is 0 Å². The van der Waals surface area contributed by atoms with Crippen molar-refractivity contribution in [1.82, 2.24) is 0 Å². The molecule has 2 nitrogen and oxygen atoms in total. The molecule has 0 heterocycles. The lowest BCUT2D eigenvalue weighted by Crippen LogP contribution is -2.39. The number of carbonyl (C=O) groups is 1. The van der Waals surface area contributed by atoms with Crippen LogP contribution in [0.15, 0.2) is 30.4 Å². The Hall–Kier alpha value is -0.990. The zero-order valence-corrected chi connectivity index (χ0v) is 13.9. The van der Waals surface area contributed by atoms with Crippen LogP contribution in [0.5, 0.6) is 0 Å². The number of halogens is 2. The molecule has 1 aromatic carbocycles. The van der Waals surface area contributed by atoms with E-state index in [0.29, 0.717) is 21.7 Å². The number of nitrogens with one attached hydrogen (secondary N) is 1. The lowest BCUT2D eigenvalue weighted by Gasteiger charge is -2.33. The van der Waals surface area contributed by atoms with E-state index < -0.39 is 0 Å². The molecule has 0 saturated heterocycles. The predicted octanol–water partition coefficient (Wildman–Crippen LogP) is 5.17. The largest absolute Gasteiger partial charge is 0.326 e. The molecule has 3 atom stereocenters. The van der Waals surface area contributed by atoms with Crippen LogP contribution < -0.4 is 5.32 Å². The van der Waals surface area contributed by atoms with Crippen LogP contribution in [0.1, 0.15) is 27.2 Å². The molecule has 3 rings (SSSR count). The smallest absolute Gasteiger partial charge is 0.230 e. The average molecular weight is 324 g/mol. The maximum absolute atomic E-state index is 12.8. The van der Waals surface area contributed by atoms with Crippen LogP contribution in [0.4, 0.5) is 5.69 Å². The molecule has 112 valence electrons. The molecule has 2 aliphatic rings. The number of rotatable bonds is 2. The maximum Gasteiger partial charge on any atom is 0.230 e. The SMILES string of the molecule is CC1(C(=O)Nc2ccc(Cl)c(Cl)c2)CC2C=CC1C2(C)C. The average Bonchev–Trinajstić information content (AvgIpc) is 2.80. The predicted molar refractivity (Wildman–Crippen MR) is 87.7 cm³/mol. The summed E-state index contributed by atoms with van der Waals surface area (Å²) in [5.41, 5.74) is 0.485. The highest BCUT2D eigenvalue weighted by Gasteiger charge is 2.59. The summed E-state index contributed by atoms with van der Waals surface area (Å²) in [4.78, 5) is 12.8. The van der Waals surface area contributed by atoms with E-state index in [0.717, 1.165) is 6.42 Å². The Morgan fingerprint density at radius 2 is 1.90 bits per heavy atom. The van der Waals surface area contributed by atoms with Crippen molar-refractivity contribution in [3.63, 3.8) is 0 Å². The van der Waals surface area contributed by atoms with Crippen molar-refractivity contribution in [2.75, 3.05) is 5.32 Å². The van der Waals surface area contributed by atoms with Crippen molar-refractivity contribution in [2.24, 2.45) is 22.7 Å². The van der Waals surface area contributed by atoms with Crippen LogP contribution in [0, 0.1) is 22.7 Å². The maximum atomic E-state index is 12.8. The van der Waals surface area contributed by atoms with Crippen LogP contribution in [0.3, 0.4) is 0 Å². The van der Waals surface area contributed by atoms with Crippen molar-refractivity contribution in [3.05, 3.63) is 40.4 Å². The minimum atomic E-state index is -0.366. The normalized spacial score (nSPS) is 32.4.